The van der Waals surface area contributed by atoms with Gasteiger partial charge in [0, 0.05) is 22.0 Å². The van der Waals surface area contributed by atoms with Gasteiger partial charge in [-0.25, -0.2) is 0 Å². The number of unbranched alkanes of at least 4 members (excludes halogenated alkanes) is 3. The summed E-state index contributed by atoms with van der Waals surface area (Å²) in [5.74, 6) is 0. The molecule has 0 unspecified atom stereocenters. The van der Waals surface area contributed by atoms with E-state index in [-0.39, 0.29) is 0 Å². The lowest BCUT2D eigenvalue weighted by Crippen LogP contribution is -2.02. The summed E-state index contributed by atoms with van der Waals surface area (Å²) in [6, 6.07) is 19.2. The minimum atomic E-state index is 0.823. The second kappa shape index (κ2) is 10.9. The molecule has 0 aliphatic rings. The van der Waals surface area contributed by atoms with Crippen LogP contribution in [0.2, 0.25) is 0 Å². The Balaban J connectivity index is 2.01. The fourth-order valence-electron chi connectivity index (χ4n) is 2.75. The van der Waals surface area contributed by atoms with E-state index in [1.807, 2.05) is 6.07 Å². The van der Waals surface area contributed by atoms with Crippen molar-refractivity contribution in [2.45, 2.75) is 55.7 Å². The van der Waals surface area contributed by atoms with E-state index in [2.05, 4.69) is 69.0 Å². The largest absolute Gasteiger partial charge is 0.289 e. The Morgan fingerprint density at radius 1 is 0.880 bits per heavy atom. The van der Waals surface area contributed by atoms with Crippen LogP contribution in [-0.4, -0.2) is 12.3 Å². The van der Waals surface area contributed by atoms with Crippen LogP contribution in [0.3, 0.4) is 0 Å². The van der Waals surface area contributed by atoms with Crippen LogP contribution in [0.25, 0.3) is 5.57 Å². The highest BCUT2D eigenvalue weighted by Gasteiger charge is 2.08. The minimum absolute atomic E-state index is 0.823. The van der Waals surface area contributed by atoms with Gasteiger partial charge in [0.15, 0.2) is 0 Å². The van der Waals surface area contributed by atoms with Crippen molar-refractivity contribution in [3.63, 3.8) is 0 Å². The van der Waals surface area contributed by atoms with Gasteiger partial charge >= 0.3 is 0 Å². The first-order valence-electron chi connectivity index (χ1n) is 9.30. The van der Waals surface area contributed by atoms with Crippen LogP contribution in [0.4, 0.5) is 0 Å². The topological polar surface area (TPSA) is 12.4 Å². The highest BCUT2D eigenvalue weighted by molar-refractivity contribution is 7.99. The van der Waals surface area contributed by atoms with Crippen LogP contribution in [-0.2, 0) is 0 Å². The van der Waals surface area contributed by atoms with Crippen LogP contribution in [0.1, 0.15) is 51.5 Å². The van der Waals surface area contributed by atoms with Crippen LogP contribution in [0, 0.1) is 0 Å². The molecule has 0 spiro atoms. The fourth-order valence-corrected chi connectivity index (χ4v) is 3.59. The zero-order chi connectivity index (χ0) is 17.9. The second-order valence-electron chi connectivity index (χ2n) is 6.15. The maximum Gasteiger partial charge on any atom is 0.0420 e. The van der Waals surface area contributed by atoms with Crippen molar-refractivity contribution >= 4 is 23.0 Å². The summed E-state index contributed by atoms with van der Waals surface area (Å²) in [6.45, 7) is 9.48. The molecule has 0 N–H and O–H groups in total. The molecule has 0 radical (unpaired) electrons. The molecule has 2 rings (SSSR count). The molecule has 0 bridgehead atoms. The molecule has 2 aromatic rings. The zero-order valence-corrected chi connectivity index (χ0v) is 16.3. The molecule has 0 saturated heterocycles. The Hall–Kier alpha value is -1.80. The lowest BCUT2D eigenvalue weighted by molar-refractivity contribution is 0.683. The van der Waals surface area contributed by atoms with Gasteiger partial charge in [-0.3, -0.25) is 4.99 Å². The summed E-state index contributed by atoms with van der Waals surface area (Å²) >= 11 is 1.79. The van der Waals surface area contributed by atoms with Crippen molar-refractivity contribution in [3.8, 4) is 0 Å². The Kier molecular flexibility index (Phi) is 8.54. The van der Waals surface area contributed by atoms with Crippen molar-refractivity contribution in [1.29, 1.82) is 0 Å². The number of hydrogen-bond donors (Lipinski definition) is 0. The quantitative estimate of drug-likeness (QED) is 0.323. The van der Waals surface area contributed by atoms with Crippen LogP contribution >= 0.6 is 11.8 Å². The molecule has 1 nitrogen and oxygen atoms in total. The van der Waals surface area contributed by atoms with E-state index in [1.54, 1.807) is 11.8 Å². The molecule has 0 fully saturated rings. The first kappa shape index (κ1) is 19.5. The summed E-state index contributed by atoms with van der Waals surface area (Å²) in [6.07, 6.45) is 6.08. The molecule has 0 saturated carbocycles. The van der Waals surface area contributed by atoms with E-state index < -0.39 is 0 Å². The van der Waals surface area contributed by atoms with E-state index >= 15 is 0 Å². The molecule has 0 aliphatic heterocycles. The fraction of sp³-hybridized carbons (Fsp3) is 0.348. The van der Waals surface area contributed by atoms with Crippen molar-refractivity contribution in [2.75, 3.05) is 6.54 Å². The highest BCUT2D eigenvalue weighted by atomic mass is 32.2. The first-order chi connectivity index (χ1) is 12.2. The Morgan fingerprint density at radius 2 is 1.56 bits per heavy atom. The highest BCUT2D eigenvalue weighted by Crippen LogP contribution is 2.29. The van der Waals surface area contributed by atoms with Crippen molar-refractivity contribution < 1.29 is 0 Å². The molecular formula is C23H29NS. The van der Waals surface area contributed by atoms with Gasteiger partial charge in [0.2, 0.25) is 0 Å². The summed E-state index contributed by atoms with van der Waals surface area (Å²) in [7, 11) is 0. The molecule has 0 atom stereocenters. The number of allylic oxidation sites excluding steroid dienone is 1. The molecule has 0 aliphatic carbocycles. The molecule has 2 heteroatoms. The molecular weight excluding hydrogens is 322 g/mol. The van der Waals surface area contributed by atoms with Crippen LogP contribution in [0.5, 0.6) is 0 Å². The predicted molar refractivity (Wildman–Crippen MR) is 113 cm³/mol. The number of nitrogens with zero attached hydrogens (tertiary/aromatic N) is 1. The van der Waals surface area contributed by atoms with Gasteiger partial charge in [-0.2, -0.15) is 0 Å². The van der Waals surface area contributed by atoms with Crippen LogP contribution < -0.4 is 0 Å². The van der Waals surface area contributed by atoms with Gasteiger partial charge in [0.25, 0.3) is 0 Å². The summed E-state index contributed by atoms with van der Waals surface area (Å²) in [5.41, 5.74) is 3.43. The molecule has 25 heavy (non-hydrogen) atoms. The zero-order valence-electron chi connectivity index (χ0n) is 15.5. The number of rotatable bonds is 10. The normalized spacial score (nSPS) is 11.5. The summed E-state index contributed by atoms with van der Waals surface area (Å²) in [4.78, 5) is 7.21. The SMILES string of the molecule is C=C(C(CCCCCC)=NCC)c1ccc(Sc2ccccc2)cc1. The van der Waals surface area contributed by atoms with Crippen molar-refractivity contribution in [3.05, 3.63) is 66.7 Å². The number of aliphatic imine (C=N–C) groups is 1. The minimum Gasteiger partial charge on any atom is -0.289 e. The predicted octanol–water partition coefficient (Wildman–Crippen LogP) is 7.28. The van der Waals surface area contributed by atoms with Crippen molar-refractivity contribution in [2.24, 2.45) is 4.99 Å². The van der Waals surface area contributed by atoms with Gasteiger partial charge in [-0.15, -0.1) is 0 Å². The molecule has 0 amide bonds. The monoisotopic (exact) mass is 351 g/mol. The first-order valence-corrected chi connectivity index (χ1v) is 10.1. The number of benzene rings is 2. The second-order valence-corrected chi connectivity index (χ2v) is 7.30. The smallest absolute Gasteiger partial charge is 0.0420 e. The third-order valence-electron chi connectivity index (χ3n) is 4.15. The van der Waals surface area contributed by atoms with Gasteiger partial charge < -0.3 is 0 Å². The average molecular weight is 352 g/mol. The summed E-state index contributed by atoms with van der Waals surface area (Å²) in [5, 5.41) is 0. The van der Waals surface area contributed by atoms with Gasteiger partial charge in [-0.05, 0) is 55.2 Å². The van der Waals surface area contributed by atoms with E-state index in [9.17, 15) is 0 Å². The van der Waals surface area contributed by atoms with E-state index in [0.29, 0.717) is 0 Å². The van der Waals surface area contributed by atoms with E-state index in [4.69, 9.17) is 4.99 Å². The van der Waals surface area contributed by atoms with Crippen LogP contribution in [0.15, 0.2) is 76.0 Å². The molecule has 132 valence electrons. The number of hydrogen-bond acceptors (Lipinski definition) is 2. The third-order valence-corrected chi connectivity index (χ3v) is 5.16. The maximum atomic E-state index is 4.70. The molecule has 0 aromatic heterocycles. The molecule has 0 heterocycles. The van der Waals surface area contributed by atoms with Gasteiger partial charge in [-0.1, -0.05) is 74.9 Å². The lowest BCUT2D eigenvalue weighted by Gasteiger charge is -2.11. The van der Waals surface area contributed by atoms with E-state index in [0.717, 1.165) is 18.5 Å². The average Bonchev–Trinajstić information content (AvgIpc) is 2.65. The van der Waals surface area contributed by atoms with Gasteiger partial charge in [0.1, 0.15) is 0 Å². The Bertz CT molecular complexity index is 671. The molecule has 2 aromatic carbocycles. The Morgan fingerprint density at radius 3 is 2.20 bits per heavy atom. The lowest BCUT2D eigenvalue weighted by atomic mass is 9.98. The van der Waals surface area contributed by atoms with Gasteiger partial charge in [0.05, 0.1) is 0 Å². The third kappa shape index (κ3) is 6.55. The Labute approximate surface area is 157 Å². The maximum absolute atomic E-state index is 4.70. The summed E-state index contributed by atoms with van der Waals surface area (Å²) < 4.78 is 0. The van der Waals surface area contributed by atoms with Crippen molar-refractivity contribution in [1.82, 2.24) is 0 Å². The standard InChI is InChI=1S/C23H29NS/c1-4-6-7-11-14-23(24-5-2)19(3)20-15-17-22(18-16-20)25-21-12-9-8-10-13-21/h8-10,12-13,15-18H,3-7,11,14H2,1-2H3. The van der Waals surface area contributed by atoms with E-state index in [1.165, 1.54) is 46.7 Å².